The number of anilines is 1. The Hall–Kier alpha value is -3.51. The van der Waals surface area contributed by atoms with Crippen molar-refractivity contribution < 1.29 is 55.8 Å². The molecule has 18 heteroatoms. The lowest BCUT2D eigenvalue weighted by molar-refractivity contribution is -0.136. The molecule has 3 fully saturated rings. The SMILES string of the molecule is COc1cc([C@H]2C3=CC[C@@H]4C(=O)N(C(N)=O)C(=O)[C@@H]4[C@@H]3C[C@@]3(Cl)C(=O)N(c4c(F)c(F)c(F)c(F)c4F)C(=O)[C@@]23Cl)cc(I)c1O. The molecule has 3 N–H and O–H groups in total. The number of likely N-dealkylation sites (tertiary alicyclic amines) is 1. The Bertz CT molecular complexity index is 1850. The number of carbonyl (C=O) groups excluding carboxylic acids is 5. The Labute approximate surface area is 278 Å². The Kier molecular flexibility index (Phi) is 7.40. The fourth-order valence-electron chi connectivity index (χ4n) is 7.07. The number of nitrogens with zero attached hydrogens (tertiary/aromatic N) is 2. The monoisotopic (exact) mass is 799 g/mol. The minimum Gasteiger partial charge on any atom is -0.504 e. The van der Waals surface area contributed by atoms with E-state index in [1.807, 2.05) is 0 Å². The van der Waals surface area contributed by atoms with Gasteiger partial charge in [-0.1, -0.05) is 11.6 Å². The third-order valence-corrected chi connectivity index (χ3v) is 11.3. The quantitative estimate of drug-likeness (QED) is 0.0894. The van der Waals surface area contributed by atoms with Crippen LogP contribution in [0.1, 0.15) is 24.3 Å². The van der Waals surface area contributed by atoms with Gasteiger partial charge in [-0.2, -0.15) is 4.90 Å². The van der Waals surface area contributed by atoms with Gasteiger partial charge in [-0.15, -0.1) is 23.2 Å². The van der Waals surface area contributed by atoms with E-state index in [0.717, 1.165) is 0 Å². The molecule has 2 aliphatic heterocycles. The van der Waals surface area contributed by atoms with Crippen molar-refractivity contribution in [3.05, 3.63) is 62.0 Å². The largest absolute Gasteiger partial charge is 0.504 e. The van der Waals surface area contributed by atoms with E-state index in [2.05, 4.69) is 0 Å². The molecule has 242 valence electrons. The molecule has 0 aromatic heterocycles. The molecule has 46 heavy (non-hydrogen) atoms. The molecule has 0 unspecified atom stereocenters. The number of urea groups is 1. The van der Waals surface area contributed by atoms with Gasteiger partial charge in [0.1, 0.15) is 5.69 Å². The predicted molar refractivity (Wildman–Crippen MR) is 155 cm³/mol. The van der Waals surface area contributed by atoms with Crippen molar-refractivity contribution in [3.63, 3.8) is 0 Å². The van der Waals surface area contributed by atoms with Crippen LogP contribution >= 0.6 is 45.8 Å². The highest BCUT2D eigenvalue weighted by molar-refractivity contribution is 14.1. The van der Waals surface area contributed by atoms with Crippen molar-refractivity contribution in [2.75, 3.05) is 12.0 Å². The van der Waals surface area contributed by atoms with Gasteiger partial charge >= 0.3 is 6.03 Å². The number of carbonyl (C=O) groups is 5. The zero-order valence-electron chi connectivity index (χ0n) is 22.8. The Morgan fingerprint density at radius 3 is 2.13 bits per heavy atom. The van der Waals surface area contributed by atoms with Crippen LogP contribution in [-0.4, -0.2) is 56.5 Å². The first-order chi connectivity index (χ1) is 21.4. The lowest BCUT2D eigenvalue weighted by Crippen LogP contribution is -2.60. The summed E-state index contributed by atoms with van der Waals surface area (Å²) in [6.07, 6.45) is 0.507. The summed E-state index contributed by atoms with van der Waals surface area (Å²) in [7, 11) is 1.20. The molecule has 2 saturated heterocycles. The topological polar surface area (TPSA) is 147 Å². The normalized spacial score (nSPS) is 30.3. The minimum absolute atomic E-state index is 0.0254. The van der Waals surface area contributed by atoms with E-state index in [0.29, 0.717) is 0 Å². The van der Waals surface area contributed by atoms with E-state index < -0.39 is 104 Å². The number of benzene rings is 2. The molecule has 4 aliphatic rings. The number of ether oxygens (including phenoxy) is 1. The third-order valence-electron chi connectivity index (χ3n) is 9.05. The van der Waals surface area contributed by atoms with Gasteiger partial charge in [0.05, 0.1) is 22.5 Å². The first-order valence-electron chi connectivity index (χ1n) is 13.2. The van der Waals surface area contributed by atoms with Crippen LogP contribution < -0.4 is 15.4 Å². The fraction of sp³-hybridized carbons (Fsp3) is 0.321. The van der Waals surface area contributed by atoms with Crippen molar-refractivity contribution >= 4 is 81.1 Å². The Balaban J connectivity index is 1.63. The second-order valence-electron chi connectivity index (χ2n) is 11.1. The molecular formula is C28H17Cl2F5IN3O7. The maximum absolute atomic E-state index is 15.1. The smallest absolute Gasteiger partial charge is 0.328 e. The van der Waals surface area contributed by atoms with Crippen LogP contribution in [-0.2, 0) is 19.2 Å². The zero-order chi connectivity index (χ0) is 33.9. The second kappa shape index (κ2) is 10.5. The van der Waals surface area contributed by atoms with Crippen molar-refractivity contribution in [2.45, 2.75) is 28.5 Å². The predicted octanol–water partition coefficient (Wildman–Crippen LogP) is 4.34. The number of primary amides is 1. The molecule has 0 bridgehead atoms. The third kappa shape index (κ3) is 3.88. The number of rotatable bonds is 3. The van der Waals surface area contributed by atoms with Gasteiger partial charge in [0.15, 0.2) is 44.5 Å². The van der Waals surface area contributed by atoms with Crippen LogP contribution in [0, 0.1) is 50.4 Å². The number of fused-ring (bicyclic) bond motifs is 4. The van der Waals surface area contributed by atoms with Gasteiger partial charge in [-0.05, 0) is 59.0 Å². The van der Waals surface area contributed by atoms with Crippen LogP contribution in [0.2, 0.25) is 0 Å². The van der Waals surface area contributed by atoms with Gasteiger partial charge < -0.3 is 15.6 Å². The van der Waals surface area contributed by atoms with Crippen molar-refractivity contribution in [3.8, 4) is 11.5 Å². The van der Waals surface area contributed by atoms with Gasteiger partial charge in [0, 0.05) is 5.92 Å². The van der Waals surface area contributed by atoms with Crippen LogP contribution in [0.3, 0.4) is 0 Å². The number of halogens is 8. The lowest BCUT2D eigenvalue weighted by atomic mass is 9.56. The summed E-state index contributed by atoms with van der Waals surface area (Å²) in [6, 6.07) is 1.17. The maximum atomic E-state index is 15.1. The molecule has 2 aromatic carbocycles. The fourth-order valence-corrected chi connectivity index (χ4v) is 8.63. The molecule has 6 atom stereocenters. The van der Waals surface area contributed by atoms with Gasteiger partial charge in [-0.25, -0.2) is 31.6 Å². The average molecular weight is 800 g/mol. The van der Waals surface area contributed by atoms with Crippen molar-refractivity contribution in [1.29, 1.82) is 0 Å². The Morgan fingerprint density at radius 1 is 0.978 bits per heavy atom. The van der Waals surface area contributed by atoms with E-state index in [9.17, 15) is 42.3 Å². The molecule has 2 aromatic rings. The molecule has 0 spiro atoms. The summed E-state index contributed by atoms with van der Waals surface area (Å²) >= 11 is 15.7. The molecule has 2 aliphatic carbocycles. The van der Waals surface area contributed by atoms with Crippen molar-refractivity contribution in [2.24, 2.45) is 23.5 Å². The number of phenols is 1. The number of amides is 6. The van der Waals surface area contributed by atoms with E-state index in [1.165, 1.54) is 25.3 Å². The molecule has 1 saturated carbocycles. The molecule has 2 heterocycles. The molecular weight excluding hydrogens is 783 g/mol. The highest BCUT2D eigenvalue weighted by Crippen LogP contribution is 2.66. The first-order valence-corrected chi connectivity index (χ1v) is 15.0. The summed E-state index contributed by atoms with van der Waals surface area (Å²) < 4.78 is 78.1. The number of aromatic hydroxyl groups is 1. The van der Waals surface area contributed by atoms with Gasteiger partial charge in [0.2, 0.25) is 17.6 Å². The highest BCUT2D eigenvalue weighted by Gasteiger charge is 2.77. The molecule has 6 amide bonds. The lowest BCUT2D eigenvalue weighted by Gasteiger charge is -2.50. The number of alkyl halides is 2. The van der Waals surface area contributed by atoms with Crippen molar-refractivity contribution in [1.82, 2.24) is 4.90 Å². The Morgan fingerprint density at radius 2 is 1.57 bits per heavy atom. The maximum Gasteiger partial charge on any atom is 0.328 e. The van der Waals surface area contributed by atoms with Gasteiger partial charge in [-0.3, -0.25) is 19.2 Å². The average Bonchev–Trinajstić information content (AvgIpc) is 3.35. The molecule has 6 rings (SSSR count). The molecule has 0 radical (unpaired) electrons. The van der Waals surface area contributed by atoms with Crippen LogP contribution in [0.25, 0.3) is 0 Å². The standard InChI is InChI=1S/C28H17Cl2F5IN3O7/c1-46-12-5-7(4-11(36)21(12)40)14-8-2-3-9-13(23(42)39(22(9)41)26(37)45)10(8)6-27(29)24(43)38(25(44)28(14,27)30)20-18(34)16(32)15(31)17(33)19(20)35/h2,4-5,9-10,13-14,40H,3,6H2,1H3,(H2,37,45)/t9-,10+,13-,14-,27+,28-/m0/s1. The number of hydrogen-bond acceptors (Lipinski definition) is 7. The van der Waals surface area contributed by atoms with Crippen LogP contribution in [0.15, 0.2) is 23.8 Å². The summed E-state index contributed by atoms with van der Waals surface area (Å²) in [5.41, 5.74) is 3.53. The molecule has 10 nitrogen and oxygen atoms in total. The van der Waals surface area contributed by atoms with E-state index >= 15 is 8.78 Å². The van der Waals surface area contributed by atoms with E-state index in [1.54, 1.807) is 22.6 Å². The minimum atomic E-state index is -2.76. The van der Waals surface area contributed by atoms with E-state index in [-0.39, 0.29) is 42.4 Å². The number of allylic oxidation sites excluding steroid dienone is 2. The number of methoxy groups -OCH3 is 1. The summed E-state index contributed by atoms with van der Waals surface area (Å²) in [5.74, 6) is -23.6. The summed E-state index contributed by atoms with van der Waals surface area (Å²) in [5, 5.41) is 10.5. The number of phenolic OH excluding ortho intramolecular Hbond substituents is 1. The van der Waals surface area contributed by atoms with Crippen LogP contribution in [0.4, 0.5) is 32.4 Å². The van der Waals surface area contributed by atoms with Crippen LogP contribution in [0.5, 0.6) is 11.5 Å². The number of imide groups is 4. The highest BCUT2D eigenvalue weighted by atomic mass is 127. The summed E-state index contributed by atoms with van der Waals surface area (Å²) in [4.78, 5) is 61.3. The number of nitrogens with two attached hydrogens (primary N) is 1. The van der Waals surface area contributed by atoms with E-state index in [4.69, 9.17) is 33.7 Å². The first kappa shape index (κ1) is 32.4. The number of hydrogen-bond donors (Lipinski definition) is 2. The second-order valence-corrected chi connectivity index (χ2v) is 13.5. The summed E-state index contributed by atoms with van der Waals surface area (Å²) in [6.45, 7) is 0. The van der Waals surface area contributed by atoms with Gasteiger partial charge in [0.25, 0.3) is 11.8 Å². The zero-order valence-corrected chi connectivity index (χ0v) is 26.5.